The topological polar surface area (TPSA) is 65.4 Å². The molecule has 0 aliphatic heterocycles. The average molecular weight is 431 g/mol. The molecule has 2 aromatic carbocycles. The molecule has 0 saturated heterocycles. The summed E-state index contributed by atoms with van der Waals surface area (Å²) in [5.74, 6) is 0.343. The van der Waals surface area contributed by atoms with Crippen LogP contribution in [0.3, 0.4) is 0 Å². The van der Waals surface area contributed by atoms with Crippen molar-refractivity contribution in [2.45, 2.75) is 12.7 Å². The number of halogens is 3. The number of allylic oxidation sites excluding steroid dienone is 1. The first kappa shape index (κ1) is 21.9. The fourth-order valence-electron chi connectivity index (χ4n) is 3.04. The molecule has 3 rings (SSSR count). The van der Waals surface area contributed by atoms with E-state index in [1.807, 2.05) is 0 Å². The van der Waals surface area contributed by atoms with Gasteiger partial charge in [-0.1, -0.05) is 42.5 Å². The van der Waals surface area contributed by atoms with Crippen LogP contribution < -0.4 is 14.8 Å². The van der Waals surface area contributed by atoms with Crippen molar-refractivity contribution < 1.29 is 27.4 Å². The van der Waals surface area contributed by atoms with Crippen LogP contribution in [0.5, 0.6) is 11.5 Å². The quantitative estimate of drug-likeness (QED) is 0.558. The van der Waals surface area contributed by atoms with Crippen LogP contribution in [-0.2, 0) is 11.3 Å². The molecule has 0 atom stereocenters. The molecule has 162 valence electrons. The summed E-state index contributed by atoms with van der Waals surface area (Å²) in [5.41, 5.74) is -0.414. The number of amides is 1. The fourth-order valence-corrected chi connectivity index (χ4v) is 3.04. The standard InChI is InChI=1S/C22H20F3N3O3/c1-30-18-10-6-9-16(21(18)31-2)14-28-19(11-12-26-28)27-20(29)13-17(22(23,24)25)15-7-4-3-5-8-15/h3-13H,14H2,1-2H3,(H,27,29)/b17-13-. The summed E-state index contributed by atoms with van der Waals surface area (Å²) < 4.78 is 52.5. The summed E-state index contributed by atoms with van der Waals surface area (Å²) >= 11 is 0. The number of benzene rings is 2. The summed E-state index contributed by atoms with van der Waals surface area (Å²) in [4.78, 5) is 12.4. The SMILES string of the molecule is COc1cccc(Cn2nccc2NC(=O)/C=C(/c2ccccc2)C(F)(F)F)c1OC. The second-order valence-electron chi connectivity index (χ2n) is 6.44. The predicted molar refractivity (Wildman–Crippen MR) is 110 cm³/mol. The van der Waals surface area contributed by atoms with Gasteiger partial charge in [0.05, 0.1) is 32.5 Å². The molecule has 0 spiro atoms. The zero-order valence-electron chi connectivity index (χ0n) is 16.8. The molecule has 0 aliphatic carbocycles. The van der Waals surface area contributed by atoms with Gasteiger partial charge in [0.15, 0.2) is 11.5 Å². The third kappa shape index (κ3) is 5.25. The van der Waals surface area contributed by atoms with Crippen LogP contribution in [0, 0.1) is 0 Å². The molecule has 0 aliphatic rings. The predicted octanol–water partition coefficient (Wildman–Crippen LogP) is 4.53. The highest BCUT2D eigenvalue weighted by molar-refractivity contribution is 6.04. The number of anilines is 1. The van der Waals surface area contributed by atoms with E-state index in [1.54, 1.807) is 24.3 Å². The van der Waals surface area contributed by atoms with E-state index in [0.29, 0.717) is 17.6 Å². The van der Waals surface area contributed by atoms with Gasteiger partial charge in [0.2, 0.25) is 5.91 Å². The van der Waals surface area contributed by atoms with E-state index in [1.165, 1.54) is 55.4 Å². The second kappa shape index (κ2) is 9.38. The maximum atomic E-state index is 13.5. The molecule has 0 unspecified atom stereocenters. The summed E-state index contributed by atoms with van der Waals surface area (Å²) in [6.45, 7) is 0.206. The minimum Gasteiger partial charge on any atom is -0.493 e. The van der Waals surface area contributed by atoms with Crippen molar-refractivity contribution >= 4 is 17.3 Å². The molecule has 0 saturated carbocycles. The van der Waals surface area contributed by atoms with Crippen LogP contribution in [0.1, 0.15) is 11.1 Å². The smallest absolute Gasteiger partial charge is 0.417 e. The maximum Gasteiger partial charge on any atom is 0.417 e. The monoisotopic (exact) mass is 431 g/mol. The number of para-hydroxylation sites is 1. The Morgan fingerprint density at radius 1 is 1.06 bits per heavy atom. The van der Waals surface area contributed by atoms with E-state index in [0.717, 1.165) is 5.56 Å². The first-order valence-electron chi connectivity index (χ1n) is 9.20. The lowest BCUT2D eigenvalue weighted by atomic mass is 10.1. The Labute approximate surface area is 176 Å². The van der Waals surface area contributed by atoms with Crippen LogP contribution in [0.25, 0.3) is 5.57 Å². The van der Waals surface area contributed by atoms with E-state index < -0.39 is 17.7 Å². The van der Waals surface area contributed by atoms with E-state index in [-0.39, 0.29) is 17.9 Å². The van der Waals surface area contributed by atoms with Crippen molar-refractivity contribution in [3.8, 4) is 11.5 Å². The maximum absolute atomic E-state index is 13.5. The lowest BCUT2D eigenvalue weighted by Gasteiger charge is -2.14. The van der Waals surface area contributed by atoms with Gasteiger partial charge in [0.1, 0.15) is 5.82 Å². The highest BCUT2D eigenvalue weighted by atomic mass is 19.4. The summed E-state index contributed by atoms with van der Waals surface area (Å²) in [7, 11) is 3.01. The van der Waals surface area contributed by atoms with Gasteiger partial charge in [0, 0.05) is 17.7 Å². The van der Waals surface area contributed by atoms with Gasteiger partial charge in [-0.2, -0.15) is 18.3 Å². The average Bonchev–Trinajstić information content (AvgIpc) is 3.18. The fraction of sp³-hybridized carbons (Fsp3) is 0.182. The lowest BCUT2D eigenvalue weighted by molar-refractivity contribution is -0.112. The number of nitrogens with zero attached hydrogens (tertiary/aromatic N) is 2. The van der Waals surface area contributed by atoms with Gasteiger partial charge in [-0.15, -0.1) is 0 Å². The molecule has 6 nitrogen and oxygen atoms in total. The minimum atomic E-state index is -4.69. The van der Waals surface area contributed by atoms with Crippen LogP contribution in [-0.4, -0.2) is 36.1 Å². The molecule has 9 heteroatoms. The highest BCUT2D eigenvalue weighted by Gasteiger charge is 2.35. The molecule has 3 aromatic rings. The molecular weight excluding hydrogens is 411 g/mol. The minimum absolute atomic E-state index is 0.0974. The molecule has 0 radical (unpaired) electrons. The van der Waals surface area contributed by atoms with Gasteiger partial charge in [-0.05, 0) is 11.6 Å². The Morgan fingerprint density at radius 2 is 1.81 bits per heavy atom. The number of carbonyl (C=O) groups excluding carboxylic acids is 1. The second-order valence-corrected chi connectivity index (χ2v) is 6.44. The molecule has 1 heterocycles. The number of hydrogen-bond acceptors (Lipinski definition) is 4. The Balaban J connectivity index is 1.85. The van der Waals surface area contributed by atoms with Crippen LogP contribution in [0.2, 0.25) is 0 Å². The highest BCUT2D eigenvalue weighted by Crippen LogP contribution is 2.34. The Morgan fingerprint density at radius 3 is 2.45 bits per heavy atom. The number of nitrogens with one attached hydrogen (secondary N) is 1. The summed E-state index contributed by atoms with van der Waals surface area (Å²) in [6.07, 6.45) is -2.71. The summed E-state index contributed by atoms with van der Waals surface area (Å²) in [6, 6.07) is 13.9. The van der Waals surface area contributed by atoms with E-state index >= 15 is 0 Å². The van der Waals surface area contributed by atoms with Crippen LogP contribution in [0.4, 0.5) is 19.0 Å². The Kier molecular flexibility index (Phi) is 6.64. The van der Waals surface area contributed by atoms with Gasteiger partial charge in [0.25, 0.3) is 0 Å². The molecule has 31 heavy (non-hydrogen) atoms. The van der Waals surface area contributed by atoms with Gasteiger partial charge in [-0.25, -0.2) is 4.68 Å². The van der Waals surface area contributed by atoms with Crippen molar-refractivity contribution in [3.05, 3.63) is 78.0 Å². The molecule has 0 fully saturated rings. The molecule has 0 bridgehead atoms. The number of ether oxygens (including phenoxy) is 2. The van der Waals surface area contributed by atoms with Crippen LogP contribution >= 0.6 is 0 Å². The number of alkyl halides is 3. The zero-order chi connectivity index (χ0) is 22.4. The molecule has 1 N–H and O–H groups in total. The van der Waals surface area contributed by atoms with Crippen molar-refractivity contribution in [1.29, 1.82) is 0 Å². The first-order valence-corrected chi connectivity index (χ1v) is 9.20. The largest absolute Gasteiger partial charge is 0.493 e. The van der Waals surface area contributed by atoms with Gasteiger partial charge >= 0.3 is 6.18 Å². The lowest BCUT2D eigenvalue weighted by Crippen LogP contribution is -2.18. The number of hydrogen-bond donors (Lipinski definition) is 1. The third-order valence-corrected chi connectivity index (χ3v) is 4.44. The Hall–Kier alpha value is -3.75. The number of methoxy groups -OCH3 is 2. The number of carbonyl (C=O) groups is 1. The Bertz CT molecular complexity index is 1080. The first-order chi connectivity index (χ1) is 14.8. The number of aromatic nitrogens is 2. The molecule has 1 amide bonds. The van der Waals surface area contributed by atoms with Crippen molar-refractivity contribution in [3.63, 3.8) is 0 Å². The van der Waals surface area contributed by atoms with E-state index in [4.69, 9.17) is 9.47 Å². The van der Waals surface area contributed by atoms with Gasteiger partial charge < -0.3 is 14.8 Å². The number of rotatable bonds is 7. The van der Waals surface area contributed by atoms with Crippen molar-refractivity contribution in [2.24, 2.45) is 0 Å². The van der Waals surface area contributed by atoms with E-state index in [9.17, 15) is 18.0 Å². The molecular formula is C22H20F3N3O3. The van der Waals surface area contributed by atoms with Crippen molar-refractivity contribution in [1.82, 2.24) is 9.78 Å². The van der Waals surface area contributed by atoms with Crippen LogP contribution in [0.15, 0.2) is 66.9 Å². The van der Waals surface area contributed by atoms with Gasteiger partial charge in [-0.3, -0.25) is 4.79 Å². The van der Waals surface area contributed by atoms with Crippen molar-refractivity contribution in [2.75, 3.05) is 19.5 Å². The van der Waals surface area contributed by atoms with E-state index in [2.05, 4.69) is 10.4 Å². The zero-order valence-corrected chi connectivity index (χ0v) is 16.8. The summed E-state index contributed by atoms with van der Waals surface area (Å²) in [5, 5.41) is 6.61. The normalized spacial score (nSPS) is 11.8. The third-order valence-electron chi connectivity index (χ3n) is 4.44. The molecule has 1 aromatic heterocycles.